The van der Waals surface area contributed by atoms with Gasteiger partial charge in [-0.25, -0.2) is 0 Å². The molecular weight excluding hydrogens is 272 g/mol. The number of fused-ring (bicyclic) bond motifs is 3. The topological polar surface area (TPSA) is 95.2 Å². The maximum Gasteiger partial charge on any atom is 0.303 e. The number of carbonyl (C=O) groups is 1. The first-order chi connectivity index (χ1) is 10.1. The number of pyridine rings is 1. The van der Waals surface area contributed by atoms with Crippen LogP contribution in [0.4, 0.5) is 0 Å². The van der Waals surface area contributed by atoms with Crippen LogP contribution in [0.3, 0.4) is 0 Å². The van der Waals surface area contributed by atoms with Crippen molar-refractivity contribution in [3.05, 3.63) is 40.3 Å². The first-order valence-corrected chi connectivity index (χ1v) is 6.52. The summed E-state index contributed by atoms with van der Waals surface area (Å²) in [5, 5.41) is 10.5. The standard InChI is InChI=1S/C15H14N2O4/c1-21-9-3-4-10-11(6-9)17-15(20)14-13(10)8(7-16-14)2-5-12(18)19/h3-4,6-7,16H,2,5H2,1H3,(H,17,20)(H,18,19). The van der Waals surface area contributed by atoms with E-state index in [0.717, 1.165) is 16.3 Å². The number of nitrogens with one attached hydrogen (secondary N) is 2. The van der Waals surface area contributed by atoms with Crippen LogP contribution < -0.4 is 10.3 Å². The smallest absolute Gasteiger partial charge is 0.303 e. The van der Waals surface area contributed by atoms with E-state index in [2.05, 4.69) is 9.97 Å². The average Bonchev–Trinajstić information content (AvgIpc) is 2.89. The van der Waals surface area contributed by atoms with Crippen molar-refractivity contribution in [1.82, 2.24) is 9.97 Å². The van der Waals surface area contributed by atoms with Gasteiger partial charge >= 0.3 is 5.97 Å². The Bertz CT molecular complexity index is 892. The summed E-state index contributed by atoms with van der Waals surface area (Å²) in [5.41, 5.74) is 1.73. The van der Waals surface area contributed by atoms with E-state index in [4.69, 9.17) is 9.84 Å². The molecule has 0 amide bonds. The number of aromatic nitrogens is 2. The van der Waals surface area contributed by atoms with Gasteiger partial charge in [0.25, 0.3) is 5.56 Å². The Morgan fingerprint density at radius 3 is 2.90 bits per heavy atom. The zero-order valence-electron chi connectivity index (χ0n) is 11.4. The van der Waals surface area contributed by atoms with Gasteiger partial charge in [0, 0.05) is 29.5 Å². The third-order valence-electron chi connectivity index (χ3n) is 3.54. The molecule has 108 valence electrons. The Kier molecular flexibility index (Phi) is 3.13. The van der Waals surface area contributed by atoms with Crippen LogP contribution in [0.25, 0.3) is 21.8 Å². The predicted molar refractivity (Wildman–Crippen MR) is 78.9 cm³/mol. The fraction of sp³-hybridized carbons (Fsp3) is 0.200. The number of carboxylic acid groups (broad SMARTS) is 1. The number of benzene rings is 1. The summed E-state index contributed by atoms with van der Waals surface area (Å²) >= 11 is 0. The van der Waals surface area contributed by atoms with Crippen molar-refractivity contribution in [2.24, 2.45) is 0 Å². The molecule has 0 aliphatic carbocycles. The number of aromatic amines is 2. The number of H-pyrrole nitrogens is 2. The third-order valence-corrected chi connectivity index (χ3v) is 3.54. The zero-order chi connectivity index (χ0) is 15.0. The minimum Gasteiger partial charge on any atom is -0.497 e. The maximum absolute atomic E-state index is 12.1. The summed E-state index contributed by atoms with van der Waals surface area (Å²) in [6, 6.07) is 5.43. The highest BCUT2D eigenvalue weighted by Gasteiger charge is 2.13. The molecule has 0 bridgehead atoms. The predicted octanol–water partition coefficient (Wildman–Crippen LogP) is 2.04. The van der Waals surface area contributed by atoms with Gasteiger partial charge in [0.1, 0.15) is 11.3 Å². The Labute approximate surface area is 119 Å². The number of carboxylic acids is 1. The number of rotatable bonds is 4. The van der Waals surface area contributed by atoms with E-state index in [1.807, 2.05) is 12.1 Å². The molecule has 1 aromatic carbocycles. The monoisotopic (exact) mass is 286 g/mol. The van der Waals surface area contributed by atoms with Gasteiger partial charge in [-0.1, -0.05) is 0 Å². The van der Waals surface area contributed by atoms with E-state index >= 15 is 0 Å². The lowest BCUT2D eigenvalue weighted by Crippen LogP contribution is -2.06. The van der Waals surface area contributed by atoms with Gasteiger partial charge in [0.15, 0.2) is 0 Å². The number of hydrogen-bond donors (Lipinski definition) is 3. The van der Waals surface area contributed by atoms with E-state index in [9.17, 15) is 9.59 Å². The Hall–Kier alpha value is -2.76. The van der Waals surface area contributed by atoms with Crippen molar-refractivity contribution in [3.8, 4) is 5.75 Å². The molecule has 0 saturated heterocycles. The lowest BCUT2D eigenvalue weighted by Gasteiger charge is -2.05. The molecule has 0 aliphatic heterocycles. The lowest BCUT2D eigenvalue weighted by molar-refractivity contribution is -0.136. The molecule has 3 N–H and O–H groups in total. The molecular formula is C15H14N2O4. The highest BCUT2D eigenvalue weighted by molar-refractivity contribution is 6.06. The molecule has 0 fully saturated rings. The molecule has 3 rings (SSSR count). The lowest BCUT2D eigenvalue weighted by atomic mass is 10.0. The first kappa shape index (κ1) is 13.2. The molecule has 6 nitrogen and oxygen atoms in total. The van der Waals surface area contributed by atoms with Crippen LogP contribution in [0.1, 0.15) is 12.0 Å². The van der Waals surface area contributed by atoms with Gasteiger partial charge in [-0.15, -0.1) is 0 Å². The van der Waals surface area contributed by atoms with Crippen molar-refractivity contribution in [2.75, 3.05) is 7.11 Å². The number of aliphatic carboxylic acids is 1. The van der Waals surface area contributed by atoms with Gasteiger partial charge in [-0.05, 0) is 24.1 Å². The third kappa shape index (κ3) is 2.24. The summed E-state index contributed by atoms with van der Waals surface area (Å²) in [4.78, 5) is 28.6. The fourth-order valence-electron chi connectivity index (χ4n) is 2.55. The summed E-state index contributed by atoms with van der Waals surface area (Å²) in [6.45, 7) is 0. The van der Waals surface area contributed by atoms with Crippen LogP contribution >= 0.6 is 0 Å². The molecule has 0 saturated carbocycles. The zero-order valence-corrected chi connectivity index (χ0v) is 11.4. The largest absolute Gasteiger partial charge is 0.497 e. The molecule has 0 atom stereocenters. The molecule has 0 spiro atoms. The highest BCUT2D eigenvalue weighted by Crippen LogP contribution is 2.27. The highest BCUT2D eigenvalue weighted by atomic mass is 16.5. The molecule has 2 aromatic heterocycles. The van der Waals surface area contributed by atoms with Crippen LogP contribution in [-0.4, -0.2) is 28.2 Å². The summed E-state index contributed by atoms with van der Waals surface area (Å²) in [5.74, 6) is -0.208. The van der Waals surface area contributed by atoms with Gasteiger partial charge < -0.3 is 19.8 Å². The molecule has 2 heterocycles. The average molecular weight is 286 g/mol. The van der Waals surface area contributed by atoms with Crippen LogP contribution in [0.2, 0.25) is 0 Å². The van der Waals surface area contributed by atoms with E-state index in [1.54, 1.807) is 19.4 Å². The second kappa shape index (κ2) is 4.97. The maximum atomic E-state index is 12.1. The van der Waals surface area contributed by atoms with Crippen molar-refractivity contribution in [1.29, 1.82) is 0 Å². The normalized spacial score (nSPS) is 11.1. The molecule has 0 aliphatic rings. The molecule has 3 aromatic rings. The van der Waals surface area contributed by atoms with Gasteiger partial charge in [0.05, 0.1) is 12.6 Å². The van der Waals surface area contributed by atoms with Gasteiger partial charge in [-0.2, -0.15) is 0 Å². The van der Waals surface area contributed by atoms with Crippen molar-refractivity contribution in [2.45, 2.75) is 12.8 Å². The van der Waals surface area contributed by atoms with Crippen LogP contribution in [0.5, 0.6) is 5.75 Å². The number of aryl methyl sites for hydroxylation is 1. The van der Waals surface area contributed by atoms with Gasteiger partial charge in [-0.3, -0.25) is 9.59 Å². The number of methoxy groups -OCH3 is 1. The minimum absolute atomic E-state index is 0.0252. The number of hydrogen-bond acceptors (Lipinski definition) is 3. The van der Waals surface area contributed by atoms with Crippen molar-refractivity contribution >= 4 is 27.8 Å². The van der Waals surface area contributed by atoms with E-state index in [-0.39, 0.29) is 12.0 Å². The molecule has 0 unspecified atom stereocenters. The first-order valence-electron chi connectivity index (χ1n) is 6.52. The molecule has 6 heteroatoms. The Morgan fingerprint density at radius 1 is 1.38 bits per heavy atom. The van der Waals surface area contributed by atoms with Crippen LogP contribution in [-0.2, 0) is 11.2 Å². The van der Waals surface area contributed by atoms with Crippen LogP contribution in [0, 0.1) is 0 Å². The fourth-order valence-corrected chi connectivity index (χ4v) is 2.55. The summed E-state index contributed by atoms with van der Waals surface area (Å²) < 4.78 is 5.16. The van der Waals surface area contributed by atoms with E-state index in [0.29, 0.717) is 23.2 Å². The number of ether oxygens (including phenoxy) is 1. The molecule has 21 heavy (non-hydrogen) atoms. The SMILES string of the molecule is COc1ccc2c(c1)[nH]c(=O)c1[nH]cc(CCC(=O)O)c12. The summed E-state index contributed by atoms with van der Waals surface area (Å²) in [7, 11) is 1.56. The van der Waals surface area contributed by atoms with E-state index in [1.165, 1.54) is 0 Å². The summed E-state index contributed by atoms with van der Waals surface area (Å²) in [6.07, 6.45) is 2.10. The van der Waals surface area contributed by atoms with Crippen molar-refractivity contribution < 1.29 is 14.6 Å². The second-order valence-electron chi connectivity index (χ2n) is 4.82. The van der Waals surface area contributed by atoms with Gasteiger partial charge in [0.2, 0.25) is 0 Å². The van der Waals surface area contributed by atoms with E-state index < -0.39 is 5.97 Å². The minimum atomic E-state index is -0.861. The Balaban J connectivity index is 2.27. The Morgan fingerprint density at radius 2 is 2.19 bits per heavy atom. The quantitative estimate of drug-likeness (QED) is 0.684. The second-order valence-corrected chi connectivity index (χ2v) is 4.82. The van der Waals surface area contributed by atoms with Crippen LogP contribution in [0.15, 0.2) is 29.2 Å². The molecule has 0 radical (unpaired) electrons. The van der Waals surface area contributed by atoms with Crippen molar-refractivity contribution in [3.63, 3.8) is 0 Å².